The van der Waals surface area contributed by atoms with Crippen LogP contribution in [-0.4, -0.2) is 23.5 Å². The average molecular weight is 359 g/mol. The molecule has 1 saturated carbocycles. The van der Waals surface area contributed by atoms with E-state index in [2.05, 4.69) is 24.1 Å². The highest BCUT2D eigenvalue weighted by atomic mass is 32.1. The second kappa shape index (κ2) is 8.00. The van der Waals surface area contributed by atoms with E-state index in [1.54, 1.807) is 11.3 Å². The molecular weight excluding hydrogens is 332 g/mol. The van der Waals surface area contributed by atoms with E-state index < -0.39 is 0 Å². The number of aryl methyl sites for hydroxylation is 1. The van der Waals surface area contributed by atoms with Crippen molar-refractivity contribution in [1.82, 2.24) is 10.3 Å². The predicted octanol–water partition coefficient (Wildman–Crippen LogP) is 4.44. The maximum atomic E-state index is 12.2. The van der Waals surface area contributed by atoms with Gasteiger partial charge < -0.3 is 10.1 Å². The molecule has 0 radical (unpaired) electrons. The van der Waals surface area contributed by atoms with Crippen LogP contribution >= 0.6 is 11.3 Å². The van der Waals surface area contributed by atoms with E-state index in [0.717, 1.165) is 22.7 Å². The number of ether oxygens (including phenoxy) is 1. The van der Waals surface area contributed by atoms with Crippen LogP contribution in [0.5, 0.6) is 5.75 Å². The summed E-state index contributed by atoms with van der Waals surface area (Å²) in [5, 5.41) is 6.18. The van der Waals surface area contributed by atoms with E-state index in [-0.39, 0.29) is 18.6 Å². The van der Waals surface area contributed by atoms with Crippen LogP contribution in [0, 0.1) is 18.8 Å². The Hall–Kier alpha value is -1.88. The van der Waals surface area contributed by atoms with Gasteiger partial charge >= 0.3 is 0 Å². The predicted molar refractivity (Wildman–Crippen MR) is 102 cm³/mol. The summed E-state index contributed by atoms with van der Waals surface area (Å²) in [7, 11) is 0. The fourth-order valence-electron chi connectivity index (χ4n) is 3.36. The summed E-state index contributed by atoms with van der Waals surface area (Å²) in [5.41, 5.74) is 2.10. The number of carbonyl (C=O) groups is 1. The Morgan fingerprint density at radius 1 is 1.28 bits per heavy atom. The lowest BCUT2D eigenvalue weighted by atomic mass is 9.78. The van der Waals surface area contributed by atoms with Crippen LogP contribution < -0.4 is 10.1 Å². The molecule has 3 atom stereocenters. The molecule has 1 aromatic heterocycles. The first-order chi connectivity index (χ1) is 12.0. The second-order valence-electron chi connectivity index (χ2n) is 7.05. The number of rotatable bonds is 5. The summed E-state index contributed by atoms with van der Waals surface area (Å²) >= 11 is 1.63. The van der Waals surface area contributed by atoms with Crippen molar-refractivity contribution >= 4 is 17.2 Å². The number of hydrogen-bond acceptors (Lipinski definition) is 4. The van der Waals surface area contributed by atoms with Crippen molar-refractivity contribution in [3.8, 4) is 16.3 Å². The van der Waals surface area contributed by atoms with E-state index in [0.29, 0.717) is 17.6 Å². The van der Waals surface area contributed by atoms with Gasteiger partial charge in [-0.3, -0.25) is 4.79 Å². The van der Waals surface area contributed by atoms with Crippen LogP contribution in [0.25, 0.3) is 10.6 Å². The van der Waals surface area contributed by atoms with Crippen LogP contribution in [0.4, 0.5) is 0 Å². The van der Waals surface area contributed by atoms with Crippen molar-refractivity contribution in [2.24, 2.45) is 11.8 Å². The zero-order valence-electron chi connectivity index (χ0n) is 15.1. The minimum absolute atomic E-state index is 0.0365. The van der Waals surface area contributed by atoms with Gasteiger partial charge in [-0.05, 0) is 49.4 Å². The SMILES string of the molecule is Cc1csc(-c2ccc(OCC(=O)N[C@@H]3CCC[C@@H](C)[C@@H]3C)cc2)n1. The van der Waals surface area contributed by atoms with E-state index in [1.165, 1.54) is 12.8 Å². The minimum atomic E-state index is -0.0365. The Labute approximate surface area is 153 Å². The first-order valence-electron chi connectivity index (χ1n) is 8.97. The van der Waals surface area contributed by atoms with Crippen molar-refractivity contribution in [3.63, 3.8) is 0 Å². The van der Waals surface area contributed by atoms with Crippen LogP contribution in [0.15, 0.2) is 29.6 Å². The van der Waals surface area contributed by atoms with Gasteiger partial charge in [0, 0.05) is 22.7 Å². The third-order valence-corrected chi connectivity index (χ3v) is 6.15. The molecule has 1 heterocycles. The average Bonchev–Trinajstić information content (AvgIpc) is 3.04. The number of nitrogens with zero attached hydrogens (tertiary/aromatic N) is 1. The van der Waals surface area contributed by atoms with Crippen molar-refractivity contribution < 1.29 is 9.53 Å². The third-order valence-electron chi connectivity index (χ3n) is 5.14. The summed E-state index contributed by atoms with van der Waals surface area (Å²) in [5.74, 6) is 1.86. The highest BCUT2D eigenvalue weighted by Gasteiger charge is 2.28. The van der Waals surface area contributed by atoms with Gasteiger partial charge in [-0.25, -0.2) is 4.98 Å². The van der Waals surface area contributed by atoms with Crippen molar-refractivity contribution in [2.45, 2.75) is 46.1 Å². The Bertz CT molecular complexity index is 711. The molecule has 0 spiro atoms. The summed E-state index contributed by atoms with van der Waals surface area (Å²) in [6, 6.07) is 8.03. The molecule has 1 fully saturated rings. The van der Waals surface area contributed by atoms with Crippen LogP contribution in [0.2, 0.25) is 0 Å². The molecule has 0 saturated heterocycles. The van der Waals surface area contributed by atoms with Gasteiger partial charge in [-0.2, -0.15) is 0 Å². The first kappa shape index (κ1) is 17.9. The zero-order valence-corrected chi connectivity index (χ0v) is 15.9. The number of thiazole rings is 1. The molecule has 5 heteroatoms. The molecule has 1 N–H and O–H groups in total. The van der Waals surface area contributed by atoms with Crippen molar-refractivity contribution in [1.29, 1.82) is 0 Å². The first-order valence-corrected chi connectivity index (χ1v) is 9.85. The van der Waals surface area contributed by atoms with Gasteiger partial charge in [-0.15, -0.1) is 11.3 Å². The number of amides is 1. The molecule has 1 aromatic carbocycles. The van der Waals surface area contributed by atoms with Gasteiger partial charge in [0.15, 0.2) is 6.61 Å². The number of aromatic nitrogens is 1. The van der Waals surface area contributed by atoms with E-state index in [9.17, 15) is 4.79 Å². The summed E-state index contributed by atoms with van der Waals surface area (Å²) in [4.78, 5) is 16.7. The Balaban J connectivity index is 1.50. The largest absolute Gasteiger partial charge is 0.484 e. The molecule has 0 bridgehead atoms. The lowest BCUT2D eigenvalue weighted by molar-refractivity contribution is -0.124. The normalized spacial score (nSPS) is 23.2. The van der Waals surface area contributed by atoms with Crippen molar-refractivity contribution in [3.05, 3.63) is 35.3 Å². The lowest BCUT2D eigenvalue weighted by Crippen LogP contribution is -2.45. The molecule has 134 valence electrons. The highest BCUT2D eigenvalue weighted by molar-refractivity contribution is 7.13. The Morgan fingerprint density at radius 2 is 2.04 bits per heavy atom. The Morgan fingerprint density at radius 3 is 2.72 bits per heavy atom. The maximum absolute atomic E-state index is 12.2. The molecular formula is C20H26N2O2S. The van der Waals surface area contributed by atoms with E-state index in [1.807, 2.05) is 36.6 Å². The van der Waals surface area contributed by atoms with Crippen LogP contribution in [-0.2, 0) is 4.79 Å². The second-order valence-corrected chi connectivity index (χ2v) is 7.91. The number of hydrogen-bond donors (Lipinski definition) is 1. The van der Waals surface area contributed by atoms with Gasteiger partial charge in [0.05, 0.1) is 0 Å². The van der Waals surface area contributed by atoms with Gasteiger partial charge in [0.2, 0.25) is 0 Å². The molecule has 25 heavy (non-hydrogen) atoms. The summed E-state index contributed by atoms with van der Waals surface area (Å²) in [6.45, 7) is 6.55. The zero-order chi connectivity index (χ0) is 17.8. The lowest BCUT2D eigenvalue weighted by Gasteiger charge is -2.34. The van der Waals surface area contributed by atoms with Crippen molar-refractivity contribution in [2.75, 3.05) is 6.61 Å². The molecule has 1 aliphatic carbocycles. The van der Waals surface area contributed by atoms with Gasteiger partial charge in [0.25, 0.3) is 5.91 Å². The molecule has 2 aromatic rings. The quantitative estimate of drug-likeness (QED) is 0.860. The van der Waals surface area contributed by atoms with E-state index in [4.69, 9.17) is 4.74 Å². The molecule has 1 aliphatic rings. The third kappa shape index (κ3) is 4.60. The molecule has 4 nitrogen and oxygen atoms in total. The highest BCUT2D eigenvalue weighted by Crippen LogP contribution is 2.29. The van der Waals surface area contributed by atoms with Gasteiger partial charge in [-0.1, -0.05) is 26.7 Å². The number of benzene rings is 1. The summed E-state index contributed by atoms with van der Waals surface area (Å²) < 4.78 is 5.64. The fourth-order valence-corrected chi connectivity index (χ4v) is 4.17. The molecule has 1 amide bonds. The minimum Gasteiger partial charge on any atom is -0.484 e. The summed E-state index contributed by atoms with van der Waals surface area (Å²) in [6.07, 6.45) is 3.52. The molecule has 0 aliphatic heterocycles. The smallest absolute Gasteiger partial charge is 0.258 e. The number of carbonyl (C=O) groups excluding carboxylic acids is 1. The molecule has 0 unspecified atom stereocenters. The molecule has 3 rings (SSSR count). The van der Waals surface area contributed by atoms with E-state index >= 15 is 0 Å². The maximum Gasteiger partial charge on any atom is 0.258 e. The van der Waals surface area contributed by atoms with Crippen LogP contribution in [0.1, 0.15) is 38.8 Å². The Kier molecular flexibility index (Phi) is 5.74. The van der Waals surface area contributed by atoms with Gasteiger partial charge in [0.1, 0.15) is 10.8 Å². The van der Waals surface area contributed by atoms with Crippen LogP contribution in [0.3, 0.4) is 0 Å². The standard InChI is InChI=1S/C20H26N2O2S/c1-13-5-4-6-18(15(13)3)22-19(23)11-24-17-9-7-16(8-10-17)20-21-14(2)12-25-20/h7-10,12-13,15,18H,4-6,11H2,1-3H3,(H,22,23)/t13-,15+,18-/m1/s1. The fraction of sp³-hybridized carbons (Fsp3) is 0.500. The monoisotopic (exact) mass is 358 g/mol. The topological polar surface area (TPSA) is 51.2 Å². The number of nitrogens with one attached hydrogen (secondary N) is 1.